The Hall–Kier alpha value is -2.41. The summed E-state index contributed by atoms with van der Waals surface area (Å²) in [5, 5.41) is 2.79. The van der Waals surface area contributed by atoms with Crippen molar-refractivity contribution < 1.29 is 9.53 Å². The molecule has 1 amide bonds. The number of hydrogen-bond donors (Lipinski definition) is 1. The van der Waals surface area contributed by atoms with E-state index in [4.69, 9.17) is 4.74 Å². The third-order valence-corrected chi connectivity index (χ3v) is 3.67. The van der Waals surface area contributed by atoms with Crippen LogP contribution in [0.1, 0.15) is 21.6 Å². The van der Waals surface area contributed by atoms with Gasteiger partial charge in [-0.25, -0.2) is 4.98 Å². The van der Waals surface area contributed by atoms with Gasteiger partial charge < -0.3 is 19.2 Å². The smallest absolute Gasteiger partial charge is 0.263 e. The summed E-state index contributed by atoms with van der Waals surface area (Å²) in [6.07, 6.45) is 5.18. The molecule has 23 heavy (non-hydrogen) atoms. The molecule has 0 aliphatic rings. The summed E-state index contributed by atoms with van der Waals surface area (Å²) < 4.78 is 8.45. The van der Waals surface area contributed by atoms with E-state index >= 15 is 0 Å². The molecule has 0 atom stereocenters. The average molecular weight is 318 g/mol. The van der Waals surface area contributed by atoms with Crippen molar-refractivity contribution in [1.29, 1.82) is 0 Å². The van der Waals surface area contributed by atoms with Crippen molar-refractivity contribution in [1.82, 2.24) is 19.4 Å². The summed E-state index contributed by atoms with van der Waals surface area (Å²) in [6, 6.07) is 1.85. The Morgan fingerprint density at radius 1 is 1.35 bits per heavy atom. The number of amides is 1. The maximum absolute atomic E-state index is 12.6. The molecule has 0 aromatic carbocycles. The highest BCUT2D eigenvalue weighted by molar-refractivity contribution is 5.95. The van der Waals surface area contributed by atoms with E-state index < -0.39 is 0 Å². The van der Waals surface area contributed by atoms with Crippen molar-refractivity contribution >= 4 is 5.91 Å². The van der Waals surface area contributed by atoms with Gasteiger partial charge in [-0.3, -0.25) is 9.59 Å². The van der Waals surface area contributed by atoms with Gasteiger partial charge in [0.2, 0.25) is 0 Å². The Morgan fingerprint density at radius 2 is 2.13 bits per heavy atom. The van der Waals surface area contributed by atoms with E-state index in [1.807, 2.05) is 23.8 Å². The van der Waals surface area contributed by atoms with Crippen molar-refractivity contribution in [2.24, 2.45) is 0 Å². The summed E-state index contributed by atoms with van der Waals surface area (Å²) in [4.78, 5) is 28.9. The quantitative estimate of drug-likeness (QED) is 0.817. The minimum Gasteiger partial charge on any atom is -0.383 e. The standard InChI is InChI=1S/C16H22N4O3/c1-12-10-13(2)20(8-9-23-3)16(22)14(12)15(21)18-5-7-19-6-4-17-11-19/h4,6,10-11H,5,7-9H2,1-3H3,(H,18,21). The zero-order valence-electron chi connectivity index (χ0n) is 13.7. The average Bonchev–Trinajstić information content (AvgIpc) is 3.00. The highest BCUT2D eigenvalue weighted by atomic mass is 16.5. The number of methoxy groups -OCH3 is 1. The molecule has 0 bridgehead atoms. The van der Waals surface area contributed by atoms with Crippen molar-refractivity contribution in [3.8, 4) is 0 Å². The zero-order valence-corrected chi connectivity index (χ0v) is 13.7. The van der Waals surface area contributed by atoms with Crippen molar-refractivity contribution in [2.75, 3.05) is 20.3 Å². The maximum atomic E-state index is 12.6. The van der Waals surface area contributed by atoms with Gasteiger partial charge >= 0.3 is 0 Å². The number of ether oxygens (including phenoxy) is 1. The number of nitrogens with one attached hydrogen (secondary N) is 1. The topological polar surface area (TPSA) is 78.2 Å². The number of pyridine rings is 1. The minimum absolute atomic E-state index is 0.192. The zero-order chi connectivity index (χ0) is 16.8. The Kier molecular flexibility index (Phi) is 5.70. The molecule has 0 unspecified atom stereocenters. The molecule has 0 saturated carbocycles. The van der Waals surface area contributed by atoms with Gasteiger partial charge in [0, 0.05) is 44.8 Å². The highest BCUT2D eigenvalue weighted by Gasteiger charge is 2.17. The number of rotatable bonds is 7. The molecule has 0 aliphatic carbocycles. The molecule has 2 aromatic rings. The molecule has 0 aliphatic heterocycles. The van der Waals surface area contributed by atoms with Crippen LogP contribution in [-0.2, 0) is 17.8 Å². The summed E-state index contributed by atoms with van der Waals surface area (Å²) in [7, 11) is 1.58. The van der Waals surface area contributed by atoms with Gasteiger partial charge in [0.05, 0.1) is 12.9 Å². The molecular formula is C16H22N4O3. The largest absolute Gasteiger partial charge is 0.383 e. The number of hydrogen-bond acceptors (Lipinski definition) is 4. The van der Waals surface area contributed by atoms with Gasteiger partial charge in [0.25, 0.3) is 11.5 Å². The molecule has 1 N–H and O–H groups in total. The van der Waals surface area contributed by atoms with Crippen molar-refractivity contribution in [3.05, 3.63) is 52.0 Å². The molecule has 7 nitrogen and oxygen atoms in total. The van der Waals surface area contributed by atoms with Crippen LogP contribution in [0.15, 0.2) is 29.6 Å². The van der Waals surface area contributed by atoms with Crippen LogP contribution in [0.25, 0.3) is 0 Å². The number of nitrogens with zero attached hydrogens (tertiary/aromatic N) is 3. The van der Waals surface area contributed by atoms with Crippen LogP contribution in [0.3, 0.4) is 0 Å². The minimum atomic E-state index is -0.348. The van der Waals surface area contributed by atoms with E-state index in [0.29, 0.717) is 31.8 Å². The van der Waals surface area contributed by atoms with E-state index in [-0.39, 0.29) is 17.0 Å². The number of carbonyl (C=O) groups is 1. The third-order valence-electron chi connectivity index (χ3n) is 3.67. The molecule has 2 rings (SSSR count). The fourth-order valence-electron chi connectivity index (χ4n) is 2.47. The fourth-order valence-corrected chi connectivity index (χ4v) is 2.47. The van der Waals surface area contributed by atoms with E-state index in [2.05, 4.69) is 10.3 Å². The molecule has 0 spiro atoms. The second-order valence-corrected chi connectivity index (χ2v) is 5.35. The van der Waals surface area contributed by atoms with Crippen LogP contribution in [0.5, 0.6) is 0 Å². The first-order valence-electron chi connectivity index (χ1n) is 7.48. The SMILES string of the molecule is COCCn1c(C)cc(C)c(C(=O)NCCn2ccnc2)c1=O. The first-order valence-corrected chi connectivity index (χ1v) is 7.48. The number of imidazole rings is 1. The lowest BCUT2D eigenvalue weighted by Crippen LogP contribution is -2.36. The number of carbonyl (C=O) groups excluding carboxylic acids is 1. The van der Waals surface area contributed by atoms with Crippen LogP contribution in [0.4, 0.5) is 0 Å². The lowest BCUT2D eigenvalue weighted by atomic mass is 10.1. The van der Waals surface area contributed by atoms with Gasteiger partial charge in [0.1, 0.15) is 5.56 Å². The van der Waals surface area contributed by atoms with Gasteiger partial charge in [-0.05, 0) is 25.5 Å². The van der Waals surface area contributed by atoms with E-state index in [0.717, 1.165) is 5.69 Å². The first-order chi connectivity index (χ1) is 11.0. The Labute approximate surface area is 134 Å². The highest BCUT2D eigenvalue weighted by Crippen LogP contribution is 2.06. The third kappa shape index (κ3) is 4.07. The second-order valence-electron chi connectivity index (χ2n) is 5.35. The maximum Gasteiger partial charge on any atom is 0.263 e. The normalized spacial score (nSPS) is 10.7. The molecule has 124 valence electrons. The summed E-state index contributed by atoms with van der Waals surface area (Å²) in [6.45, 7) is 5.52. The molecule has 7 heteroatoms. The van der Waals surface area contributed by atoms with Crippen LogP contribution in [-0.4, -0.2) is 40.3 Å². The van der Waals surface area contributed by atoms with Gasteiger partial charge in [-0.1, -0.05) is 0 Å². The lowest BCUT2D eigenvalue weighted by Gasteiger charge is -2.14. The van der Waals surface area contributed by atoms with Crippen molar-refractivity contribution in [2.45, 2.75) is 26.9 Å². The molecule has 0 saturated heterocycles. The molecule has 0 radical (unpaired) electrons. The summed E-state index contributed by atoms with van der Waals surface area (Å²) >= 11 is 0. The molecule has 2 aromatic heterocycles. The van der Waals surface area contributed by atoms with Gasteiger partial charge in [-0.15, -0.1) is 0 Å². The van der Waals surface area contributed by atoms with E-state index in [1.54, 1.807) is 31.1 Å². The Morgan fingerprint density at radius 3 is 2.78 bits per heavy atom. The first kappa shape index (κ1) is 17.0. The number of aryl methyl sites for hydroxylation is 2. The van der Waals surface area contributed by atoms with Crippen LogP contribution in [0, 0.1) is 13.8 Å². The lowest BCUT2D eigenvalue weighted by molar-refractivity contribution is 0.0949. The Balaban J connectivity index is 2.13. The van der Waals surface area contributed by atoms with E-state index in [9.17, 15) is 9.59 Å². The van der Waals surface area contributed by atoms with E-state index in [1.165, 1.54) is 0 Å². The molecule has 0 fully saturated rings. The van der Waals surface area contributed by atoms with Crippen LogP contribution < -0.4 is 10.9 Å². The molecule has 2 heterocycles. The Bertz CT molecular complexity index is 720. The summed E-state index contributed by atoms with van der Waals surface area (Å²) in [5.74, 6) is -0.348. The van der Waals surface area contributed by atoms with Crippen LogP contribution in [0.2, 0.25) is 0 Å². The molecular weight excluding hydrogens is 296 g/mol. The predicted octanol–water partition coefficient (Wildman–Crippen LogP) is 0.738. The summed E-state index contributed by atoms with van der Waals surface area (Å²) in [5.41, 5.74) is 1.41. The van der Waals surface area contributed by atoms with Gasteiger partial charge in [0.15, 0.2) is 0 Å². The van der Waals surface area contributed by atoms with Gasteiger partial charge in [-0.2, -0.15) is 0 Å². The number of aromatic nitrogens is 3. The predicted molar refractivity (Wildman–Crippen MR) is 86.6 cm³/mol. The van der Waals surface area contributed by atoms with Crippen molar-refractivity contribution in [3.63, 3.8) is 0 Å². The fraction of sp³-hybridized carbons (Fsp3) is 0.438. The monoisotopic (exact) mass is 318 g/mol. The second kappa shape index (κ2) is 7.73. The van der Waals surface area contributed by atoms with Crippen LogP contribution >= 0.6 is 0 Å².